The van der Waals surface area contributed by atoms with Crippen molar-refractivity contribution in [1.29, 1.82) is 0 Å². The lowest BCUT2D eigenvalue weighted by atomic mass is 10.2. The number of nitrogens with zero attached hydrogens (tertiary/aromatic N) is 4. The van der Waals surface area contributed by atoms with Gasteiger partial charge in [-0.1, -0.05) is 62.4 Å². The molecule has 0 aliphatic heterocycles. The molecule has 1 atom stereocenters. The van der Waals surface area contributed by atoms with E-state index in [1.165, 1.54) is 17.3 Å². The van der Waals surface area contributed by atoms with E-state index in [0.29, 0.717) is 12.3 Å². The fraction of sp³-hybridized carbons (Fsp3) is 0.550. The van der Waals surface area contributed by atoms with Gasteiger partial charge in [0.05, 0.1) is 18.3 Å². The molecule has 0 saturated carbocycles. The van der Waals surface area contributed by atoms with Crippen LogP contribution in [-0.2, 0) is 11.3 Å². The van der Waals surface area contributed by atoms with Gasteiger partial charge < -0.3 is 9.88 Å². The van der Waals surface area contributed by atoms with Crippen LogP contribution < -0.4 is 5.32 Å². The van der Waals surface area contributed by atoms with E-state index in [-0.39, 0.29) is 11.9 Å². The molecule has 0 aliphatic rings. The molecule has 2 aromatic rings. The quantitative estimate of drug-likeness (QED) is 0.472. The van der Waals surface area contributed by atoms with Crippen molar-refractivity contribution in [3.05, 3.63) is 41.7 Å². The van der Waals surface area contributed by atoms with Gasteiger partial charge in [0, 0.05) is 6.54 Å². The predicted molar refractivity (Wildman–Crippen MR) is 111 cm³/mol. The number of aromatic nitrogens is 3. The molecule has 0 radical (unpaired) electrons. The summed E-state index contributed by atoms with van der Waals surface area (Å²) in [5.41, 5.74) is 1.20. The van der Waals surface area contributed by atoms with Gasteiger partial charge in [0.25, 0.3) is 0 Å². The fourth-order valence-corrected chi connectivity index (χ4v) is 3.71. The molecule has 0 bridgehead atoms. The average molecular weight is 390 g/mol. The first-order valence-electron chi connectivity index (χ1n) is 9.59. The molecule has 6 nitrogen and oxygen atoms in total. The van der Waals surface area contributed by atoms with Crippen LogP contribution in [0.25, 0.3) is 0 Å². The molecule has 27 heavy (non-hydrogen) atoms. The summed E-state index contributed by atoms with van der Waals surface area (Å²) in [6, 6.07) is 10.5. The largest absolute Gasteiger partial charge is 0.355 e. The number of thioether (sulfide) groups is 1. The van der Waals surface area contributed by atoms with Crippen molar-refractivity contribution in [3.63, 3.8) is 0 Å². The number of hydrogen-bond acceptors (Lipinski definition) is 5. The molecule has 0 saturated heterocycles. The zero-order chi connectivity index (χ0) is 19.6. The van der Waals surface area contributed by atoms with E-state index in [9.17, 15) is 4.79 Å². The zero-order valence-corrected chi connectivity index (χ0v) is 17.6. The maximum absolute atomic E-state index is 12.1. The molecular weight excluding hydrogens is 358 g/mol. The summed E-state index contributed by atoms with van der Waals surface area (Å²) in [6.07, 6.45) is 3.03. The van der Waals surface area contributed by atoms with Gasteiger partial charge in [0.1, 0.15) is 0 Å². The molecule has 1 N–H and O–H groups in total. The van der Waals surface area contributed by atoms with Crippen LogP contribution in [0.2, 0.25) is 0 Å². The molecule has 1 unspecified atom stereocenters. The number of nitrogens with one attached hydrogen (secondary N) is 1. The Kier molecular flexibility index (Phi) is 8.81. The Hall–Kier alpha value is -1.86. The van der Waals surface area contributed by atoms with Crippen LogP contribution in [0.15, 0.2) is 35.5 Å². The highest BCUT2D eigenvalue weighted by atomic mass is 32.2. The highest BCUT2D eigenvalue weighted by molar-refractivity contribution is 7.99. The van der Waals surface area contributed by atoms with Crippen molar-refractivity contribution in [3.8, 4) is 0 Å². The zero-order valence-electron chi connectivity index (χ0n) is 16.8. The van der Waals surface area contributed by atoms with Crippen LogP contribution in [0.1, 0.15) is 50.5 Å². The summed E-state index contributed by atoms with van der Waals surface area (Å²) < 4.78 is 2.15. The average Bonchev–Trinajstić information content (AvgIpc) is 3.04. The number of amides is 1. The topological polar surface area (TPSA) is 63.1 Å². The van der Waals surface area contributed by atoms with E-state index in [1.54, 1.807) is 0 Å². The van der Waals surface area contributed by atoms with Crippen LogP contribution >= 0.6 is 11.8 Å². The van der Waals surface area contributed by atoms with Gasteiger partial charge in [-0.05, 0) is 32.5 Å². The molecule has 1 aromatic heterocycles. The van der Waals surface area contributed by atoms with Crippen LogP contribution in [0.5, 0.6) is 0 Å². The van der Waals surface area contributed by atoms with Gasteiger partial charge in [-0.15, -0.1) is 10.2 Å². The van der Waals surface area contributed by atoms with Crippen LogP contribution in [-0.4, -0.2) is 52.0 Å². The monoisotopic (exact) mass is 389 g/mol. The van der Waals surface area contributed by atoms with Crippen molar-refractivity contribution < 1.29 is 4.79 Å². The molecule has 1 heterocycles. The number of carbonyl (C=O) groups is 1. The van der Waals surface area contributed by atoms with Crippen LogP contribution in [0.3, 0.4) is 0 Å². The Morgan fingerprint density at radius 2 is 1.96 bits per heavy atom. The number of benzene rings is 1. The second kappa shape index (κ2) is 11.1. The third kappa shape index (κ3) is 6.36. The lowest BCUT2D eigenvalue weighted by Gasteiger charge is -2.23. The first kappa shape index (κ1) is 21.4. The molecule has 0 spiro atoms. The second-order valence-corrected chi connectivity index (χ2v) is 7.73. The highest BCUT2D eigenvalue weighted by Crippen LogP contribution is 2.26. The summed E-state index contributed by atoms with van der Waals surface area (Å²) in [6.45, 7) is 5.70. The summed E-state index contributed by atoms with van der Waals surface area (Å²) in [5, 5.41) is 12.6. The molecule has 1 aromatic carbocycles. The summed E-state index contributed by atoms with van der Waals surface area (Å²) in [4.78, 5) is 14.2. The Bertz CT molecular complexity index is 702. The molecule has 0 aliphatic carbocycles. The lowest BCUT2D eigenvalue weighted by Crippen LogP contribution is -2.26. The minimum atomic E-state index is 0.0453. The third-order valence-electron chi connectivity index (χ3n) is 4.42. The standard InChI is InChI=1S/C20H31N5OS/c1-5-7-13-21-18(26)15-27-20-23-22-19(17(6-2)24(3)4)25(20)14-16-11-9-8-10-12-16/h8-12,17H,5-7,13-15H2,1-4H3,(H,21,26). The van der Waals surface area contributed by atoms with E-state index in [1.807, 2.05) is 18.2 Å². The molecular formula is C20H31N5OS. The fourth-order valence-electron chi connectivity index (χ4n) is 2.93. The highest BCUT2D eigenvalue weighted by Gasteiger charge is 2.22. The number of unbranched alkanes of at least 4 members (excludes halogenated alkanes) is 1. The van der Waals surface area contributed by atoms with Crippen molar-refractivity contribution in [2.45, 2.75) is 50.9 Å². The molecule has 2 rings (SSSR count). The van der Waals surface area contributed by atoms with E-state index >= 15 is 0 Å². The Morgan fingerprint density at radius 3 is 2.59 bits per heavy atom. The minimum absolute atomic E-state index is 0.0453. The molecule has 148 valence electrons. The van der Waals surface area contributed by atoms with Crippen molar-refractivity contribution >= 4 is 17.7 Å². The van der Waals surface area contributed by atoms with Gasteiger partial charge in [-0.2, -0.15) is 0 Å². The van der Waals surface area contributed by atoms with Crippen molar-refractivity contribution in [2.75, 3.05) is 26.4 Å². The smallest absolute Gasteiger partial charge is 0.230 e. The molecule has 1 amide bonds. The molecule has 7 heteroatoms. The normalized spacial score (nSPS) is 12.3. The van der Waals surface area contributed by atoms with Crippen molar-refractivity contribution in [1.82, 2.24) is 25.0 Å². The Balaban J connectivity index is 2.18. The van der Waals surface area contributed by atoms with E-state index in [0.717, 1.165) is 36.8 Å². The third-order valence-corrected chi connectivity index (χ3v) is 5.39. The molecule has 0 fully saturated rings. The first-order valence-corrected chi connectivity index (χ1v) is 10.6. The van der Waals surface area contributed by atoms with Gasteiger partial charge in [0.15, 0.2) is 11.0 Å². The maximum Gasteiger partial charge on any atom is 0.230 e. The van der Waals surface area contributed by atoms with Crippen LogP contribution in [0.4, 0.5) is 0 Å². The summed E-state index contributed by atoms with van der Waals surface area (Å²) >= 11 is 1.45. The van der Waals surface area contributed by atoms with Crippen LogP contribution in [0, 0.1) is 0 Å². The van der Waals surface area contributed by atoms with Crippen molar-refractivity contribution in [2.24, 2.45) is 0 Å². The van der Waals surface area contributed by atoms with E-state index in [2.05, 4.69) is 65.1 Å². The maximum atomic E-state index is 12.1. The van der Waals surface area contributed by atoms with Gasteiger partial charge in [-0.25, -0.2) is 0 Å². The number of rotatable bonds is 11. The number of carbonyl (C=O) groups excluding carboxylic acids is 1. The Morgan fingerprint density at radius 1 is 1.22 bits per heavy atom. The van der Waals surface area contributed by atoms with Gasteiger partial charge >= 0.3 is 0 Å². The Labute approximate surface area is 166 Å². The van der Waals surface area contributed by atoms with E-state index in [4.69, 9.17) is 0 Å². The number of hydrogen-bond donors (Lipinski definition) is 1. The summed E-state index contributed by atoms with van der Waals surface area (Å²) in [7, 11) is 4.12. The predicted octanol–water partition coefficient (Wildman–Crippen LogP) is 3.35. The van der Waals surface area contributed by atoms with E-state index < -0.39 is 0 Å². The second-order valence-electron chi connectivity index (χ2n) is 6.79. The SMILES string of the molecule is CCCCNC(=O)CSc1nnc(C(CC)N(C)C)n1Cc1ccccc1. The van der Waals surface area contributed by atoms with Gasteiger partial charge in [0.2, 0.25) is 5.91 Å². The summed E-state index contributed by atoms with van der Waals surface area (Å²) in [5.74, 6) is 1.35. The minimum Gasteiger partial charge on any atom is -0.355 e. The van der Waals surface area contributed by atoms with Gasteiger partial charge in [-0.3, -0.25) is 9.69 Å². The first-order chi connectivity index (χ1) is 13.1. The lowest BCUT2D eigenvalue weighted by molar-refractivity contribution is -0.118.